The van der Waals surface area contributed by atoms with Crippen molar-refractivity contribution in [2.45, 2.75) is 39.0 Å². The van der Waals surface area contributed by atoms with Crippen molar-refractivity contribution >= 4 is 12.6 Å². The molecule has 0 N–H and O–H groups in total. The molecule has 0 heterocycles. The van der Waals surface area contributed by atoms with Gasteiger partial charge in [0.2, 0.25) is 0 Å². The van der Waals surface area contributed by atoms with E-state index in [4.69, 9.17) is 0 Å². The highest BCUT2D eigenvalue weighted by atomic mass is 32.1. The molecule has 0 rings (SSSR count). The van der Waals surface area contributed by atoms with Crippen molar-refractivity contribution in [3.05, 3.63) is 0 Å². The van der Waals surface area contributed by atoms with E-state index in [1.807, 2.05) is 0 Å². The summed E-state index contributed by atoms with van der Waals surface area (Å²) in [5.41, 5.74) is 0. The molecule has 0 aromatic carbocycles. The third-order valence-corrected chi connectivity index (χ3v) is 2.71. The number of hydrogen-bond acceptors (Lipinski definition) is 2. The molecule has 0 saturated carbocycles. The lowest BCUT2D eigenvalue weighted by atomic mass is 10.2. The largest absolute Gasteiger partial charge is 0.290 e. The molecule has 1 atom stereocenters. The van der Waals surface area contributed by atoms with E-state index in [1.54, 1.807) is 0 Å². The van der Waals surface area contributed by atoms with E-state index in [-0.39, 0.29) is 4.87 Å². The van der Waals surface area contributed by atoms with E-state index < -0.39 is 0 Å². The van der Waals surface area contributed by atoms with Crippen LogP contribution in [0.3, 0.4) is 0 Å². The summed E-state index contributed by atoms with van der Waals surface area (Å²) >= 11 is 4.57. The third kappa shape index (κ3) is 2.51. The molecule has 10 heavy (non-hydrogen) atoms. The van der Waals surface area contributed by atoms with Gasteiger partial charge in [-0.1, -0.05) is 20.8 Å². The Morgan fingerprint density at radius 2 is 1.60 bits per heavy atom. The van der Waals surface area contributed by atoms with E-state index in [0.717, 1.165) is 19.5 Å². The fourth-order valence-electron chi connectivity index (χ4n) is 1.13. The van der Waals surface area contributed by atoms with Gasteiger partial charge < -0.3 is 0 Å². The molecule has 1 nitrogen and oxygen atoms in total. The van der Waals surface area contributed by atoms with Crippen LogP contribution in [0.15, 0.2) is 0 Å². The van der Waals surface area contributed by atoms with Crippen LogP contribution in [-0.2, 0) is 0 Å². The predicted octanol–water partition coefficient (Wildman–Crippen LogP) is 2.38. The topological polar surface area (TPSA) is 3.24 Å². The standard InChI is InChI=1S/C8H19NS/c1-5-8(4,10)9(6-2)7-3/h10H,5-7H2,1-4H3. The van der Waals surface area contributed by atoms with Crippen LogP contribution < -0.4 is 0 Å². The molecule has 0 aliphatic rings. The molecule has 0 aliphatic carbocycles. The number of hydrogen-bond donors (Lipinski definition) is 1. The van der Waals surface area contributed by atoms with Crippen LogP contribution in [-0.4, -0.2) is 22.9 Å². The summed E-state index contributed by atoms with van der Waals surface area (Å²) in [5.74, 6) is 0. The first kappa shape index (κ1) is 10.3. The minimum absolute atomic E-state index is 0.0868. The van der Waals surface area contributed by atoms with E-state index >= 15 is 0 Å². The minimum atomic E-state index is 0.0868. The summed E-state index contributed by atoms with van der Waals surface area (Å²) in [6, 6.07) is 0. The van der Waals surface area contributed by atoms with Crippen molar-refractivity contribution in [2.75, 3.05) is 13.1 Å². The molecule has 62 valence electrons. The molecular weight excluding hydrogens is 142 g/mol. The van der Waals surface area contributed by atoms with Crippen molar-refractivity contribution in [2.24, 2.45) is 0 Å². The molecular formula is C8H19NS. The zero-order valence-corrected chi connectivity index (χ0v) is 8.41. The third-order valence-electron chi connectivity index (χ3n) is 2.11. The van der Waals surface area contributed by atoms with Crippen LogP contribution in [0.25, 0.3) is 0 Å². The Kier molecular flexibility index (Phi) is 4.37. The summed E-state index contributed by atoms with van der Waals surface area (Å²) in [6.45, 7) is 10.9. The van der Waals surface area contributed by atoms with Gasteiger partial charge in [0.25, 0.3) is 0 Å². The molecule has 0 radical (unpaired) electrons. The van der Waals surface area contributed by atoms with Crippen LogP contribution in [0.4, 0.5) is 0 Å². The fourth-order valence-corrected chi connectivity index (χ4v) is 1.41. The Morgan fingerprint density at radius 3 is 1.70 bits per heavy atom. The second-order valence-corrected chi connectivity index (χ2v) is 3.71. The molecule has 0 fully saturated rings. The van der Waals surface area contributed by atoms with Crippen LogP contribution >= 0.6 is 12.6 Å². The molecule has 0 saturated heterocycles. The van der Waals surface area contributed by atoms with Gasteiger partial charge in [0.15, 0.2) is 0 Å². The molecule has 0 aliphatic heterocycles. The Hall–Kier alpha value is 0.310. The van der Waals surface area contributed by atoms with Crippen molar-refractivity contribution in [3.63, 3.8) is 0 Å². The van der Waals surface area contributed by atoms with Gasteiger partial charge in [0.1, 0.15) is 0 Å². The first-order valence-electron chi connectivity index (χ1n) is 4.05. The highest BCUT2D eigenvalue weighted by Gasteiger charge is 2.22. The number of thiol groups is 1. The van der Waals surface area contributed by atoms with E-state index in [1.165, 1.54) is 0 Å². The SMILES string of the molecule is CCN(CC)C(C)(S)CC. The Bertz CT molecular complexity index is 87.3. The average Bonchev–Trinajstić information content (AvgIpc) is 1.90. The van der Waals surface area contributed by atoms with Crippen LogP contribution in [0.2, 0.25) is 0 Å². The normalized spacial score (nSPS) is 17.4. The van der Waals surface area contributed by atoms with Crippen LogP contribution in [0.1, 0.15) is 34.1 Å². The van der Waals surface area contributed by atoms with E-state index in [9.17, 15) is 0 Å². The Morgan fingerprint density at radius 1 is 1.20 bits per heavy atom. The number of nitrogens with zero attached hydrogens (tertiary/aromatic N) is 1. The van der Waals surface area contributed by atoms with Gasteiger partial charge in [0, 0.05) is 0 Å². The van der Waals surface area contributed by atoms with Gasteiger partial charge in [-0.3, -0.25) is 4.90 Å². The number of rotatable bonds is 4. The first-order chi connectivity index (χ1) is 4.58. The summed E-state index contributed by atoms with van der Waals surface area (Å²) in [4.78, 5) is 2.44. The van der Waals surface area contributed by atoms with Crippen molar-refractivity contribution in [3.8, 4) is 0 Å². The highest BCUT2D eigenvalue weighted by Crippen LogP contribution is 2.22. The van der Waals surface area contributed by atoms with Crippen molar-refractivity contribution in [1.29, 1.82) is 0 Å². The lowest BCUT2D eigenvalue weighted by Gasteiger charge is -2.35. The molecule has 1 unspecified atom stereocenters. The molecule has 0 spiro atoms. The maximum absolute atomic E-state index is 4.57. The first-order valence-corrected chi connectivity index (χ1v) is 4.50. The van der Waals surface area contributed by atoms with Gasteiger partial charge >= 0.3 is 0 Å². The molecule has 0 aromatic rings. The summed E-state index contributed by atoms with van der Waals surface area (Å²) < 4.78 is 0. The van der Waals surface area contributed by atoms with Gasteiger partial charge in [-0.2, -0.15) is 12.6 Å². The Labute approximate surface area is 70.2 Å². The van der Waals surface area contributed by atoms with Gasteiger partial charge in [-0.15, -0.1) is 0 Å². The zero-order valence-electron chi connectivity index (χ0n) is 7.52. The van der Waals surface area contributed by atoms with Gasteiger partial charge in [0.05, 0.1) is 4.87 Å². The van der Waals surface area contributed by atoms with Crippen LogP contribution in [0, 0.1) is 0 Å². The molecule has 0 amide bonds. The summed E-state index contributed by atoms with van der Waals surface area (Å²) in [7, 11) is 0. The zero-order chi connectivity index (χ0) is 8.20. The quantitative estimate of drug-likeness (QED) is 0.489. The van der Waals surface area contributed by atoms with Crippen molar-refractivity contribution < 1.29 is 0 Å². The maximum Gasteiger partial charge on any atom is 0.0609 e. The lowest BCUT2D eigenvalue weighted by Crippen LogP contribution is -2.40. The van der Waals surface area contributed by atoms with E-state index in [0.29, 0.717) is 0 Å². The Balaban J connectivity index is 3.97. The van der Waals surface area contributed by atoms with Crippen LogP contribution in [0.5, 0.6) is 0 Å². The van der Waals surface area contributed by atoms with Crippen molar-refractivity contribution in [1.82, 2.24) is 4.90 Å². The summed E-state index contributed by atoms with van der Waals surface area (Å²) in [5, 5.41) is 0. The highest BCUT2D eigenvalue weighted by molar-refractivity contribution is 7.81. The molecule has 2 heteroatoms. The molecule has 0 bridgehead atoms. The van der Waals surface area contributed by atoms with Gasteiger partial charge in [-0.25, -0.2) is 0 Å². The summed E-state index contributed by atoms with van der Waals surface area (Å²) in [6.07, 6.45) is 1.10. The minimum Gasteiger partial charge on any atom is -0.290 e. The lowest BCUT2D eigenvalue weighted by molar-refractivity contribution is 0.199. The van der Waals surface area contributed by atoms with E-state index in [2.05, 4.69) is 45.2 Å². The predicted molar refractivity (Wildman–Crippen MR) is 50.6 cm³/mol. The average molecular weight is 161 g/mol. The molecule has 0 aromatic heterocycles. The van der Waals surface area contributed by atoms with Gasteiger partial charge in [-0.05, 0) is 26.4 Å². The maximum atomic E-state index is 4.57. The monoisotopic (exact) mass is 161 g/mol. The fraction of sp³-hybridized carbons (Fsp3) is 1.00. The smallest absolute Gasteiger partial charge is 0.0609 e. The second-order valence-electron chi connectivity index (χ2n) is 2.74. The second kappa shape index (κ2) is 4.24.